The highest BCUT2D eigenvalue weighted by atomic mass is 31.2. The number of aliphatic hydroxyl groups excluding tert-OH is 1. The molecule has 3 atom stereocenters. The van der Waals surface area contributed by atoms with Gasteiger partial charge in [0.1, 0.15) is 13.2 Å². The Morgan fingerprint density at radius 1 is 0.393 bits per heavy atom. The number of rotatable bonds is 72. The van der Waals surface area contributed by atoms with Gasteiger partial charge in [0, 0.05) is 6.42 Å². The number of carbonyl (C=O) groups excluding carboxylic acids is 1. The van der Waals surface area contributed by atoms with E-state index >= 15 is 0 Å². The minimum atomic E-state index is -4.33. The summed E-state index contributed by atoms with van der Waals surface area (Å²) in [6.07, 6.45) is 98.9. The lowest BCUT2D eigenvalue weighted by molar-refractivity contribution is -0.870. The maximum absolute atomic E-state index is 13.1. The van der Waals surface area contributed by atoms with E-state index in [0.717, 1.165) is 77.0 Å². The largest absolute Gasteiger partial charge is 0.472 e. The average Bonchev–Trinajstić information content (AvgIpc) is 3.61. The Hall–Kier alpha value is -2.06. The number of hydrogen-bond acceptors (Lipinski definition) is 5. The van der Waals surface area contributed by atoms with E-state index in [-0.39, 0.29) is 19.1 Å². The third-order valence-electron chi connectivity index (χ3n) is 17.7. The number of likely N-dealkylation sites (N-methyl/N-ethyl adjacent to an activating group) is 1. The van der Waals surface area contributed by atoms with Gasteiger partial charge in [-0.05, 0) is 64.2 Å². The molecule has 89 heavy (non-hydrogen) atoms. The first kappa shape index (κ1) is 86.9. The fourth-order valence-electron chi connectivity index (χ4n) is 11.8. The van der Waals surface area contributed by atoms with E-state index in [1.807, 2.05) is 21.1 Å². The molecule has 0 rings (SSSR count). The van der Waals surface area contributed by atoms with Crippen LogP contribution >= 0.6 is 7.82 Å². The van der Waals surface area contributed by atoms with Gasteiger partial charge in [-0.25, -0.2) is 4.57 Å². The summed E-state index contributed by atoms with van der Waals surface area (Å²) >= 11 is 0. The molecule has 0 radical (unpaired) electrons. The van der Waals surface area contributed by atoms with E-state index in [0.29, 0.717) is 23.9 Å². The van der Waals surface area contributed by atoms with E-state index < -0.39 is 20.0 Å². The van der Waals surface area contributed by atoms with E-state index in [1.54, 1.807) is 0 Å². The number of unbranched alkanes of at least 4 members (excludes halogenated alkanes) is 47. The molecule has 9 heteroatoms. The smallest absolute Gasteiger partial charge is 0.391 e. The van der Waals surface area contributed by atoms with Crippen molar-refractivity contribution in [2.75, 3.05) is 40.9 Å². The number of phosphoric ester groups is 1. The predicted octanol–water partition coefficient (Wildman–Crippen LogP) is 25.3. The van der Waals surface area contributed by atoms with Crippen molar-refractivity contribution in [2.24, 2.45) is 0 Å². The van der Waals surface area contributed by atoms with Gasteiger partial charge < -0.3 is 19.8 Å². The number of carbonyl (C=O) groups is 1. The molecular formula is C80H152N2O6P+. The molecule has 3 N–H and O–H groups in total. The number of quaternary nitrogens is 1. The molecule has 0 aliphatic rings. The Morgan fingerprint density at radius 2 is 0.674 bits per heavy atom. The maximum atomic E-state index is 13.1. The second-order valence-corrected chi connectivity index (χ2v) is 29.2. The van der Waals surface area contributed by atoms with E-state index in [4.69, 9.17) is 9.05 Å². The molecule has 0 saturated carbocycles. The highest BCUT2D eigenvalue weighted by Gasteiger charge is 2.28. The minimum Gasteiger partial charge on any atom is -0.391 e. The van der Waals surface area contributed by atoms with Crippen LogP contribution in [0.25, 0.3) is 0 Å². The summed E-state index contributed by atoms with van der Waals surface area (Å²) in [4.78, 5) is 23.5. The fraction of sp³-hybridized carbons (Fsp3) is 0.838. The first-order valence-corrected chi connectivity index (χ1v) is 40.3. The lowest BCUT2D eigenvalue weighted by atomic mass is 10.0. The van der Waals surface area contributed by atoms with E-state index in [9.17, 15) is 19.4 Å². The van der Waals surface area contributed by atoms with Crippen molar-refractivity contribution in [2.45, 2.75) is 392 Å². The van der Waals surface area contributed by atoms with E-state index in [2.05, 4.69) is 92.1 Å². The molecule has 0 aromatic heterocycles. The van der Waals surface area contributed by atoms with Crippen molar-refractivity contribution < 1.29 is 32.9 Å². The molecule has 522 valence electrons. The molecule has 0 spiro atoms. The van der Waals surface area contributed by atoms with Crippen LogP contribution in [0.4, 0.5) is 0 Å². The standard InChI is InChI=1S/C80H151N2O6P/c1-6-8-10-12-14-16-18-20-22-24-26-28-30-32-34-35-36-37-38-39-40-41-42-43-44-45-46-47-48-50-52-54-56-58-60-62-64-66-68-70-72-74-80(84)81-78(77-88-89(85,86)87-76-75-82(3,4)5)79(83)73-71-69-67-65-63-61-59-57-55-53-51-49-33-31-29-27-25-23-21-19-17-15-13-11-9-7-2/h8,10,14,16,20,22,26,28,32,34,36-37,78-79,83H,6-7,9,11-13,15,17-19,21,23-25,27,29-31,33,35,38-77H2,1-5H3,(H-,81,84,85,86)/p+1/b10-8-,16-14-,22-20-,28-26-,34-32-,37-36-. The van der Waals surface area contributed by atoms with Crippen molar-refractivity contribution in [1.29, 1.82) is 0 Å². The van der Waals surface area contributed by atoms with Crippen molar-refractivity contribution in [1.82, 2.24) is 5.32 Å². The second kappa shape index (κ2) is 70.3. The van der Waals surface area contributed by atoms with Gasteiger partial charge in [0.05, 0.1) is 39.9 Å². The Balaban J connectivity index is 3.92. The van der Waals surface area contributed by atoms with Crippen molar-refractivity contribution in [3.63, 3.8) is 0 Å². The molecular weight excluding hydrogens is 1120 g/mol. The summed E-state index contributed by atoms with van der Waals surface area (Å²) in [7, 11) is 1.63. The number of allylic oxidation sites excluding steroid dienone is 12. The number of nitrogens with one attached hydrogen (secondary N) is 1. The average molecular weight is 1270 g/mol. The summed E-state index contributed by atoms with van der Waals surface area (Å²) in [5.41, 5.74) is 0. The Bertz CT molecular complexity index is 1680. The first-order valence-electron chi connectivity index (χ1n) is 38.8. The SMILES string of the molecule is CC/C=C\C/C=C\C/C=C\C/C=C\C/C=C\C/C=C\CCCCCCCCCCCCCCCCCCCCCCCCC(=O)NC(COP(=O)(O)OCC[N+](C)(C)C)C(O)CCCCCCCCCCCCCCCCCCCCCCCCCCCC. The van der Waals surface area contributed by atoms with Crippen molar-refractivity contribution in [3.8, 4) is 0 Å². The van der Waals surface area contributed by atoms with Gasteiger partial charge in [-0.3, -0.25) is 13.8 Å². The molecule has 0 aromatic carbocycles. The minimum absolute atomic E-state index is 0.0759. The van der Waals surface area contributed by atoms with Gasteiger partial charge in [-0.1, -0.05) is 382 Å². The lowest BCUT2D eigenvalue weighted by Gasteiger charge is -2.26. The molecule has 0 saturated heterocycles. The zero-order chi connectivity index (χ0) is 64.8. The summed E-state index contributed by atoms with van der Waals surface area (Å²) < 4.78 is 23.9. The predicted molar refractivity (Wildman–Crippen MR) is 392 cm³/mol. The van der Waals surface area contributed by atoms with Crippen LogP contribution in [0, 0.1) is 0 Å². The number of amides is 1. The zero-order valence-electron chi connectivity index (χ0n) is 59.9. The molecule has 3 unspecified atom stereocenters. The number of aliphatic hydroxyl groups is 1. The van der Waals surface area contributed by atoms with Crippen LogP contribution in [0.2, 0.25) is 0 Å². The third kappa shape index (κ3) is 73.2. The highest BCUT2D eigenvalue weighted by molar-refractivity contribution is 7.47. The first-order chi connectivity index (χ1) is 43.5. The van der Waals surface area contributed by atoms with Gasteiger partial charge in [0.15, 0.2) is 0 Å². The van der Waals surface area contributed by atoms with Crippen LogP contribution in [-0.4, -0.2) is 73.4 Å². The summed E-state index contributed by atoms with van der Waals surface area (Å²) in [6, 6.07) is -0.763. The molecule has 0 heterocycles. The lowest BCUT2D eigenvalue weighted by Crippen LogP contribution is -2.46. The van der Waals surface area contributed by atoms with E-state index in [1.165, 1.54) is 276 Å². The van der Waals surface area contributed by atoms with Gasteiger partial charge in [0.2, 0.25) is 5.91 Å². The zero-order valence-corrected chi connectivity index (χ0v) is 60.8. The molecule has 0 aliphatic heterocycles. The van der Waals surface area contributed by atoms with Crippen LogP contribution in [-0.2, 0) is 18.4 Å². The topological polar surface area (TPSA) is 105 Å². The molecule has 0 aliphatic carbocycles. The highest BCUT2D eigenvalue weighted by Crippen LogP contribution is 2.43. The van der Waals surface area contributed by atoms with Gasteiger partial charge in [-0.15, -0.1) is 0 Å². The van der Waals surface area contributed by atoms with Gasteiger partial charge in [0.25, 0.3) is 0 Å². The third-order valence-corrected chi connectivity index (χ3v) is 18.7. The number of nitrogens with zero attached hydrogens (tertiary/aromatic N) is 1. The summed E-state index contributed by atoms with van der Waals surface area (Å²) in [5.74, 6) is -0.137. The van der Waals surface area contributed by atoms with Gasteiger partial charge >= 0.3 is 7.82 Å². The molecule has 8 nitrogen and oxygen atoms in total. The summed E-state index contributed by atoms with van der Waals surface area (Å²) in [5, 5.41) is 14.2. The maximum Gasteiger partial charge on any atom is 0.472 e. The summed E-state index contributed by atoms with van der Waals surface area (Å²) in [6.45, 7) is 4.83. The van der Waals surface area contributed by atoms with Gasteiger partial charge in [-0.2, -0.15) is 0 Å². The van der Waals surface area contributed by atoms with Crippen LogP contribution in [0.3, 0.4) is 0 Å². The molecule has 0 bridgehead atoms. The quantitative estimate of drug-likeness (QED) is 0.0243. The molecule has 1 amide bonds. The Labute approximate surface area is 554 Å². The number of phosphoric acid groups is 1. The molecule has 0 fully saturated rings. The van der Waals surface area contributed by atoms with Crippen LogP contribution in [0.5, 0.6) is 0 Å². The Morgan fingerprint density at radius 3 is 0.989 bits per heavy atom. The van der Waals surface area contributed by atoms with Crippen LogP contribution in [0.15, 0.2) is 72.9 Å². The Kier molecular flexibility index (Phi) is 68.6. The fourth-order valence-corrected chi connectivity index (χ4v) is 12.5. The van der Waals surface area contributed by atoms with Crippen molar-refractivity contribution >= 4 is 13.7 Å². The molecule has 0 aromatic rings. The monoisotopic (exact) mass is 1270 g/mol. The number of hydrogen-bond donors (Lipinski definition) is 3. The normalized spacial score (nSPS) is 13.9. The second-order valence-electron chi connectivity index (χ2n) is 27.7. The van der Waals surface area contributed by atoms with Crippen LogP contribution in [0.1, 0.15) is 380 Å². The van der Waals surface area contributed by atoms with Crippen LogP contribution < -0.4 is 5.32 Å². The van der Waals surface area contributed by atoms with Crippen molar-refractivity contribution in [3.05, 3.63) is 72.9 Å².